The second-order valence-corrected chi connectivity index (χ2v) is 18.7. The fraction of sp³-hybridized carbons (Fsp3) is 0. The maximum absolute atomic E-state index is 16.5. The van der Waals surface area contributed by atoms with E-state index in [0.717, 1.165) is 18.2 Å². The van der Waals surface area contributed by atoms with Crippen molar-refractivity contribution < 1.29 is 52.7 Å². The van der Waals surface area contributed by atoms with Gasteiger partial charge in [0.05, 0.1) is 33.4 Å². The van der Waals surface area contributed by atoms with Crippen LogP contribution in [0, 0.1) is 138 Å². The maximum Gasteiger partial charge on any atom is 0.180 e. The molecular formula is C48H24B12F12N6. The van der Waals surface area contributed by atoms with E-state index in [1.807, 2.05) is 18.2 Å². The summed E-state index contributed by atoms with van der Waals surface area (Å²) in [6, 6.07) is 8.88. The van der Waals surface area contributed by atoms with Crippen LogP contribution in [-0.2, 0) is 0 Å². The van der Waals surface area contributed by atoms with Gasteiger partial charge in [-0.05, 0) is 33.4 Å². The van der Waals surface area contributed by atoms with Crippen molar-refractivity contribution in [2.24, 2.45) is 0 Å². The molecule has 0 aromatic heterocycles. The second kappa shape index (κ2) is 20.4. The summed E-state index contributed by atoms with van der Waals surface area (Å²) in [5, 5.41) is 63.0. The Balaban J connectivity index is 1.88. The highest BCUT2D eigenvalue weighted by Crippen LogP contribution is 2.57. The Kier molecular flexibility index (Phi) is 15.0. The lowest BCUT2D eigenvalue weighted by molar-refractivity contribution is 0.454. The van der Waals surface area contributed by atoms with Crippen LogP contribution in [0.2, 0.25) is 0 Å². The molecule has 7 rings (SSSR count). The highest BCUT2D eigenvalue weighted by Gasteiger charge is 2.45. The van der Waals surface area contributed by atoms with Crippen molar-refractivity contribution in [1.82, 2.24) is 0 Å². The molecule has 0 spiro atoms. The highest BCUT2D eigenvalue weighted by molar-refractivity contribution is 6.67. The molecule has 0 amide bonds. The molecule has 0 atom stereocenters. The third kappa shape index (κ3) is 7.95. The molecule has 30 heteroatoms. The van der Waals surface area contributed by atoms with Gasteiger partial charge < -0.3 is 0 Å². The topological polar surface area (TPSA) is 143 Å². The van der Waals surface area contributed by atoms with E-state index in [0.29, 0.717) is 16.4 Å². The van der Waals surface area contributed by atoms with Crippen LogP contribution in [-0.4, -0.2) is 94.2 Å². The summed E-state index contributed by atoms with van der Waals surface area (Å²) in [5.74, 6) is -25.3. The molecule has 1 fully saturated rings. The number of allylic oxidation sites excluding steroid dienone is 6. The van der Waals surface area contributed by atoms with E-state index in [9.17, 15) is 31.6 Å². The molecule has 6 nitrogen and oxygen atoms in total. The third-order valence-electron chi connectivity index (χ3n) is 15.5. The number of rotatable bonds is 6. The minimum atomic E-state index is -2.13. The van der Waals surface area contributed by atoms with E-state index in [1.54, 1.807) is 0 Å². The van der Waals surface area contributed by atoms with Gasteiger partial charge in [-0.1, -0.05) is 32.8 Å². The number of nitriles is 6. The van der Waals surface area contributed by atoms with Gasteiger partial charge in [0, 0.05) is 16.7 Å². The quantitative estimate of drug-likeness (QED) is 0.0703. The van der Waals surface area contributed by atoms with E-state index in [-0.39, 0.29) is 49.2 Å². The van der Waals surface area contributed by atoms with Crippen molar-refractivity contribution in [2.45, 2.75) is 0 Å². The van der Waals surface area contributed by atoms with Crippen LogP contribution < -0.4 is 65.6 Å². The average molecular weight is 1040 g/mol. The first kappa shape index (κ1) is 57.1. The molecule has 1 saturated carbocycles. The van der Waals surface area contributed by atoms with Crippen molar-refractivity contribution in [3.63, 3.8) is 0 Å². The van der Waals surface area contributed by atoms with Crippen molar-refractivity contribution in [1.29, 1.82) is 31.6 Å². The van der Waals surface area contributed by atoms with Gasteiger partial charge >= 0.3 is 0 Å². The molecule has 366 valence electrons. The molecule has 0 bridgehead atoms. The van der Waals surface area contributed by atoms with Crippen molar-refractivity contribution in [3.05, 3.63) is 120 Å². The predicted octanol–water partition coefficient (Wildman–Crippen LogP) is -8.68. The van der Waals surface area contributed by atoms with Gasteiger partial charge in [-0.2, -0.15) is 31.6 Å². The first-order valence-electron chi connectivity index (χ1n) is 23.1. The van der Waals surface area contributed by atoms with Crippen molar-refractivity contribution >= 4 is 176 Å². The third-order valence-corrected chi connectivity index (χ3v) is 15.5. The Hall–Kier alpha value is -8.58. The van der Waals surface area contributed by atoms with Gasteiger partial charge in [-0.25, -0.2) is 52.7 Å². The Morgan fingerprint density at radius 1 is 0.231 bits per heavy atom. The number of hydrogen-bond donors (Lipinski definition) is 0. The van der Waals surface area contributed by atoms with E-state index in [4.69, 9.17) is 0 Å². The van der Waals surface area contributed by atoms with E-state index in [2.05, 4.69) is 0 Å². The molecule has 0 aliphatic heterocycles. The first-order valence-corrected chi connectivity index (χ1v) is 23.1. The van der Waals surface area contributed by atoms with E-state index >= 15 is 52.7 Å². The Bertz CT molecular complexity index is 3760. The molecule has 6 aromatic rings. The average Bonchev–Trinajstić information content (AvgIpc) is 4.17. The fourth-order valence-electron chi connectivity index (χ4n) is 10.3. The van der Waals surface area contributed by atoms with Crippen LogP contribution in [0.3, 0.4) is 0 Å². The van der Waals surface area contributed by atoms with Crippen LogP contribution in [0.1, 0.15) is 33.4 Å². The molecule has 0 unspecified atom stereocenters. The summed E-state index contributed by atoms with van der Waals surface area (Å²) in [7, 11) is 16.7. The normalized spacial score (nSPS) is 11.5. The zero-order valence-corrected chi connectivity index (χ0v) is 43.2. The van der Waals surface area contributed by atoms with Crippen LogP contribution in [0.25, 0.3) is 50.1 Å². The van der Waals surface area contributed by atoms with Gasteiger partial charge in [0.1, 0.15) is 147 Å². The molecule has 0 N–H and O–H groups in total. The minimum absolute atomic E-state index is 0.0260. The molecular weight excluding hydrogens is 1020 g/mol. The summed E-state index contributed by atoms with van der Waals surface area (Å²) in [5.41, 5.74) is -15.5. The molecule has 0 saturated heterocycles. The Morgan fingerprint density at radius 3 is 0.551 bits per heavy atom. The lowest BCUT2D eigenvalue weighted by atomic mass is 9.61. The Morgan fingerprint density at radius 2 is 0.397 bits per heavy atom. The van der Waals surface area contributed by atoms with Crippen LogP contribution in [0.15, 0.2) is 16.7 Å². The highest BCUT2D eigenvalue weighted by atomic mass is 19.2. The first-order chi connectivity index (χ1) is 36.5. The Labute approximate surface area is 448 Å². The lowest BCUT2D eigenvalue weighted by Gasteiger charge is -2.23. The summed E-state index contributed by atoms with van der Waals surface area (Å²) < 4.78 is 193. The molecule has 78 heavy (non-hydrogen) atoms. The zero-order chi connectivity index (χ0) is 58.5. The maximum atomic E-state index is 16.5. The standard InChI is InChI=1S/C48H24B12F12N6/c49-25-16(19(28(52)34(58)31(25)55)22-43(67)37(61)10(4-76)38(62)44(22)68)7(1-73)13-14(8(2-74)17-20(29(53)35(59)32(56)26(17)50)23-45(69)39(63)11(5-77)40(64)46(23)70)15(13)9(3-75)18-21(30(54)36(60)33(57)27(18)51)24-47(71)41(65)12(6-78)42(66)48(24)72/h49-60H2. The predicted molar refractivity (Wildman–Crippen MR) is 305 cm³/mol. The monoisotopic (exact) mass is 1040 g/mol. The molecule has 0 radical (unpaired) electrons. The van der Waals surface area contributed by atoms with Gasteiger partial charge in [0.2, 0.25) is 0 Å². The molecule has 6 aromatic carbocycles. The molecule has 1 aliphatic rings. The van der Waals surface area contributed by atoms with Gasteiger partial charge in [0.15, 0.2) is 69.8 Å². The zero-order valence-electron chi connectivity index (χ0n) is 43.2. The van der Waals surface area contributed by atoms with E-state index in [1.165, 1.54) is 94.2 Å². The lowest BCUT2D eigenvalue weighted by Crippen LogP contribution is -2.50. The second-order valence-electron chi connectivity index (χ2n) is 18.7. The summed E-state index contributed by atoms with van der Waals surface area (Å²) in [6.45, 7) is 0. The van der Waals surface area contributed by atoms with Gasteiger partial charge in [0.25, 0.3) is 0 Å². The number of hydrogen-bond acceptors (Lipinski definition) is 6. The minimum Gasteiger partial charge on any atom is -0.203 e. The number of benzene rings is 6. The summed E-state index contributed by atoms with van der Waals surface area (Å²) in [6.07, 6.45) is 0. The van der Waals surface area contributed by atoms with Gasteiger partial charge in [-0.3, -0.25) is 0 Å². The van der Waals surface area contributed by atoms with Gasteiger partial charge in [-0.15, -0.1) is 32.8 Å². The number of nitrogens with zero attached hydrogens (tertiary/aromatic N) is 6. The smallest absolute Gasteiger partial charge is 0.180 e. The summed E-state index contributed by atoms with van der Waals surface area (Å²) >= 11 is 0. The van der Waals surface area contributed by atoms with Crippen molar-refractivity contribution in [3.8, 4) is 69.8 Å². The fourth-order valence-corrected chi connectivity index (χ4v) is 10.3. The van der Waals surface area contributed by atoms with Crippen LogP contribution >= 0.6 is 0 Å². The molecule has 1 aliphatic carbocycles. The van der Waals surface area contributed by atoms with Crippen LogP contribution in [0.5, 0.6) is 0 Å². The molecule has 0 heterocycles. The van der Waals surface area contributed by atoms with Crippen LogP contribution in [0.4, 0.5) is 52.7 Å². The van der Waals surface area contributed by atoms with Crippen molar-refractivity contribution in [2.75, 3.05) is 0 Å². The largest absolute Gasteiger partial charge is 0.203 e. The number of halogens is 12. The van der Waals surface area contributed by atoms with E-state index < -0.39 is 170 Å². The SMILES string of the molecule is Bc1c(B)c(B)c(-c2c(F)c(F)c(C#N)c(F)c2F)c(C(C#N)=C2C(=C(C#N)c3c(B)c(B)c(B)c(B)c3-c3c(F)c(F)c(C#N)c(F)c3F)C2=C(C#N)c2c(B)c(B)c(B)c(B)c2-c2c(F)c(F)c(C#N)c(F)c2F)c1B. The summed E-state index contributed by atoms with van der Waals surface area (Å²) in [4.78, 5) is 0.